The van der Waals surface area contributed by atoms with Crippen molar-refractivity contribution >= 4 is 11.0 Å². The van der Waals surface area contributed by atoms with Gasteiger partial charge in [0.1, 0.15) is 18.7 Å². The van der Waals surface area contributed by atoms with Crippen LogP contribution in [0.5, 0.6) is 0 Å². The highest BCUT2D eigenvalue weighted by molar-refractivity contribution is 5.90. The number of hydrogen-bond donors (Lipinski definition) is 1. The van der Waals surface area contributed by atoms with Gasteiger partial charge in [0.15, 0.2) is 0 Å². The molecule has 1 fully saturated rings. The van der Waals surface area contributed by atoms with Crippen molar-refractivity contribution in [3.63, 3.8) is 0 Å². The Morgan fingerprint density at radius 3 is 2.92 bits per heavy atom. The number of aliphatic hydroxyl groups excluding tert-OH is 1. The van der Waals surface area contributed by atoms with Crippen molar-refractivity contribution in [3.8, 4) is 17.3 Å². The molecule has 0 radical (unpaired) electrons. The van der Waals surface area contributed by atoms with E-state index in [1.54, 1.807) is 17.0 Å². The maximum absolute atomic E-state index is 9.40. The van der Waals surface area contributed by atoms with Crippen LogP contribution < -0.4 is 0 Å². The molecule has 1 aliphatic carbocycles. The van der Waals surface area contributed by atoms with Crippen LogP contribution >= 0.6 is 0 Å². The quantitative estimate of drug-likeness (QED) is 0.773. The first-order chi connectivity index (χ1) is 12.3. The maximum Gasteiger partial charge on any atom is 0.145 e. The molecule has 0 amide bonds. The van der Waals surface area contributed by atoms with Gasteiger partial charge in [-0.05, 0) is 24.8 Å². The summed E-state index contributed by atoms with van der Waals surface area (Å²) in [5.41, 5.74) is 2.40. The average Bonchev–Trinajstić information content (AvgIpc) is 3.39. The third kappa shape index (κ3) is 2.79. The minimum absolute atomic E-state index is 0.120. The summed E-state index contributed by atoms with van der Waals surface area (Å²) in [5.74, 6) is 0.522. The van der Waals surface area contributed by atoms with Crippen molar-refractivity contribution in [2.75, 3.05) is 0 Å². The lowest BCUT2D eigenvalue weighted by atomic mass is 9.96. The molecule has 3 aromatic rings. The molecule has 0 aromatic carbocycles. The molecule has 0 aliphatic heterocycles. The number of hydrogen-bond acceptors (Lipinski definition) is 5. The van der Waals surface area contributed by atoms with Gasteiger partial charge in [0.25, 0.3) is 0 Å². The van der Waals surface area contributed by atoms with Gasteiger partial charge in [-0.3, -0.25) is 4.68 Å². The Labute approximate surface area is 145 Å². The summed E-state index contributed by atoms with van der Waals surface area (Å²) in [6.45, 7) is -0.120. The third-order valence-corrected chi connectivity index (χ3v) is 5.17. The van der Waals surface area contributed by atoms with Crippen LogP contribution in [0.15, 0.2) is 31.0 Å². The Morgan fingerprint density at radius 1 is 1.32 bits per heavy atom. The van der Waals surface area contributed by atoms with Crippen LogP contribution in [0.1, 0.15) is 38.1 Å². The van der Waals surface area contributed by atoms with Crippen LogP contribution in [0.3, 0.4) is 0 Å². The van der Waals surface area contributed by atoms with E-state index < -0.39 is 0 Å². The highest BCUT2D eigenvalue weighted by Gasteiger charge is 2.27. The highest BCUT2D eigenvalue weighted by atomic mass is 16.3. The number of aliphatic hydroxyl groups is 1. The first kappa shape index (κ1) is 15.8. The van der Waals surface area contributed by atoms with E-state index in [9.17, 15) is 10.4 Å². The molecule has 1 N–H and O–H groups in total. The second-order valence-corrected chi connectivity index (χ2v) is 6.57. The normalized spacial score (nSPS) is 16.3. The number of aromatic nitrogens is 5. The van der Waals surface area contributed by atoms with Crippen molar-refractivity contribution in [2.24, 2.45) is 5.92 Å². The molecule has 4 rings (SSSR count). The van der Waals surface area contributed by atoms with Gasteiger partial charge in [-0.25, -0.2) is 9.97 Å². The third-order valence-electron chi connectivity index (χ3n) is 5.17. The fourth-order valence-electron chi connectivity index (χ4n) is 3.90. The van der Waals surface area contributed by atoms with Gasteiger partial charge in [0.05, 0.1) is 30.4 Å². The molecule has 0 unspecified atom stereocenters. The van der Waals surface area contributed by atoms with E-state index in [2.05, 4.69) is 21.1 Å². The zero-order chi connectivity index (χ0) is 17.2. The Kier molecular flexibility index (Phi) is 4.20. The summed E-state index contributed by atoms with van der Waals surface area (Å²) in [5, 5.41) is 24.0. The molecule has 128 valence electrons. The summed E-state index contributed by atoms with van der Waals surface area (Å²) >= 11 is 0. The summed E-state index contributed by atoms with van der Waals surface area (Å²) in [6, 6.07) is 4.35. The molecular weight excluding hydrogens is 316 g/mol. The van der Waals surface area contributed by atoms with E-state index in [1.807, 2.05) is 16.9 Å². The van der Waals surface area contributed by atoms with Crippen molar-refractivity contribution in [1.29, 1.82) is 5.26 Å². The second kappa shape index (κ2) is 6.65. The molecule has 0 saturated heterocycles. The van der Waals surface area contributed by atoms with Gasteiger partial charge in [-0.2, -0.15) is 10.4 Å². The van der Waals surface area contributed by atoms with Crippen molar-refractivity contribution < 1.29 is 5.11 Å². The molecule has 7 nitrogen and oxygen atoms in total. The molecule has 0 spiro atoms. The van der Waals surface area contributed by atoms with Crippen LogP contribution in [-0.2, 0) is 6.73 Å². The molecule has 1 aliphatic rings. The molecule has 3 heterocycles. The van der Waals surface area contributed by atoms with Gasteiger partial charge in [-0.15, -0.1) is 0 Å². The van der Waals surface area contributed by atoms with Gasteiger partial charge >= 0.3 is 0 Å². The zero-order valence-electron chi connectivity index (χ0n) is 13.9. The molecule has 1 saturated carbocycles. The minimum atomic E-state index is -0.120. The monoisotopic (exact) mass is 336 g/mol. The van der Waals surface area contributed by atoms with Crippen molar-refractivity contribution in [3.05, 3.63) is 31.0 Å². The van der Waals surface area contributed by atoms with E-state index in [1.165, 1.54) is 32.0 Å². The lowest BCUT2D eigenvalue weighted by Gasteiger charge is -2.21. The summed E-state index contributed by atoms with van der Waals surface area (Å²) in [6.07, 6.45) is 12.4. The summed E-state index contributed by atoms with van der Waals surface area (Å²) < 4.78 is 3.60. The van der Waals surface area contributed by atoms with Gasteiger partial charge in [-0.1, -0.05) is 12.8 Å². The van der Waals surface area contributed by atoms with E-state index >= 15 is 0 Å². The molecular formula is C18H20N6O. The molecule has 25 heavy (non-hydrogen) atoms. The molecule has 0 bridgehead atoms. The van der Waals surface area contributed by atoms with Crippen LogP contribution in [-0.4, -0.2) is 29.4 Å². The lowest BCUT2D eigenvalue weighted by Crippen LogP contribution is -2.17. The van der Waals surface area contributed by atoms with E-state index in [0.29, 0.717) is 18.0 Å². The topological polar surface area (TPSA) is 92.5 Å². The Hall–Kier alpha value is -2.72. The lowest BCUT2D eigenvalue weighted by molar-refractivity contribution is 0.215. The summed E-state index contributed by atoms with van der Waals surface area (Å²) in [4.78, 5) is 8.67. The fourth-order valence-corrected chi connectivity index (χ4v) is 3.90. The smallest absolute Gasteiger partial charge is 0.145 e. The number of nitriles is 1. The van der Waals surface area contributed by atoms with Crippen LogP contribution in [0.4, 0.5) is 0 Å². The average molecular weight is 336 g/mol. The number of rotatable bonds is 5. The highest BCUT2D eigenvalue weighted by Crippen LogP contribution is 2.36. The summed E-state index contributed by atoms with van der Waals surface area (Å²) in [7, 11) is 0. The number of fused-ring (bicyclic) bond motifs is 1. The number of nitrogens with zero attached hydrogens (tertiary/aromatic N) is 6. The molecule has 7 heteroatoms. The maximum atomic E-state index is 9.40. The van der Waals surface area contributed by atoms with Crippen molar-refractivity contribution in [1.82, 2.24) is 24.3 Å². The first-order valence-corrected chi connectivity index (χ1v) is 8.64. The fraction of sp³-hybridized carbons (Fsp3) is 0.444. The minimum Gasteiger partial charge on any atom is -0.376 e. The van der Waals surface area contributed by atoms with E-state index in [0.717, 1.165) is 16.6 Å². The second-order valence-electron chi connectivity index (χ2n) is 6.57. The predicted octanol–water partition coefficient (Wildman–Crippen LogP) is 2.89. The van der Waals surface area contributed by atoms with Gasteiger partial charge < -0.3 is 9.67 Å². The van der Waals surface area contributed by atoms with Gasteiger partial charge in [0, 0.05) is 23.3 Å². The Bertz CT molecular complexity index is 915. The van der Waals surface area contributed by atoms with E-state index in [4.69, 9.17) is 0 Å². The molecule has 3 aromatic heterocycles. The SMILES string of the molecule is N#CC[C@H](C1CCCC1)n1cc(-c2ncnc3c2ccn3CO)cn1. The zero-order valence-corrected chi connectivity index (χ0v) is 13.9. The van der Waals surface area contributed by atoms with Crippen molar-refractivity contribution in [2.45, 2.75) is 44.9 Å². The largest absolute Gasteiger partial charge is 0.376 e. The standard InChI is InChI=1S/C18H20N6O/c19-7-5-16(13-3-1-2-4-13)24-10-14(9-22-24)17-15-6-8-23(12-25)18(15)21-11-20-17/h6,8-11,13,16,25H,1-5,12H2/t16-/m1/s1. The molecule has 1 atom stereocenters. The predicted molar refractivity (Wildman–Crippen MR) is 92.2 cm³/mol. The Balaban J connectivity index is 1.71. The van der Waals surface area contributed by atoms with Gasteiger partial charge in [0.2, 0.25) is 0 Å². The van der Waals surface area contributed by atoms with Crippen LogP contribution in [0.2, 0.25) is 0 Å². The van der Waals surface area contributed by atoms with Crippen LogP contribution in [0.25, 0.3) is 22.3 Å². The first-order valence-electron chi connectivity index (χ1n) is 8.64. The Morgan fingerprint density at radius 2 is 2.16 bits per heavy atom. The van der Waals surface area contributed by atoms with Crippen LogP contribution in [0, 0.1) is 17.2 Å². The van der Waals surface area contributed by atoms with E-state index in [-0.39, 0.29) is 12.8 Å².